The van der Waals surface area contributed by atoms with Crippen LogP contribution in [0.1, 0.15) is 31.8 Å². The van der Waals surface area contributed by atoms with Gasteiger partial charge in [0.25, 0.3) is 11.8 Å². The number of carbonyl (C=O) groups excluding carboxylic acids is 2. The van der Waals surface area contributed by atoms with E-state index in [2.05, 4.69) is 10.3 Å². The van der Waals surface area contributed by atoms with Gasteiger partial charge in [0.1, 0.15) is 11.7 Å². The molecule has 0 fully saturated rings. The summed E-state index contributed by atoms with van der Waals surface area (Å²) in [6, 6.07) is 15.3. The molecule has 0 atom stereocenters. The van der Waals surface area contributed by atoms with Crippen LogP contribution in [0.4, 0.5) is 0 Å². The maximum Gasteiger partial charge on any atom is 0.279 e. The number of carbonyl (C=O) groups is 2. The summed E-state index contributed by atoms with van der Waals surface area (Å²) in [5, 5.41) is 18.4. The van der Waals surface area contributed by atoms with Crippen LogP contribution in [0.5, 0.6) is 0 Å². The van der Waals surface area contributed by atoms with E-state index >= 15 is 0 Å². The number of amides is 2. The molecule has 6 nitrogen and oxygen atoms in total. The summed E-state index contributed by atoms with van der Waals surface area (Å²) < 4.78 is 0. The van der Waals surface area contributed by atoms with E-state index < -0.39 is 0 Å². The van der Waals surface area contributed by atoms with Crippen LogP contribution in [0.3, 0.4) is 0 Å². The van der Waals surface area contributed by atoms with Crippen molar-refractivity contribution in [2.75, 3.05) is 0 Å². The van der Waals surface area contributed by atoms with E-state index in [9.17, 15) is 9.59 Å². The zero-order valence-corrected chi connectivity index (χ0v) is 15.5. The average Bonchev–Trinajstić information content (AvgIpc) is 2.74. The molecule has 2 amide bonds. The molecule has 2 aliphatic heterocycles. The molecule has 0 saturated carbocycles. The smallest absolute Gasteiger partial charge is 0.279 e. The molecule has 2 heterocycles. The Morgan fingerprint density at radius 1 is 0.667 bits per heavy atom. The number of hydrogen-bond donors (Lipinski definition) is 3. The van der Waals surface area contributed by atoms with Gasteiger partial charge in [-0.25, -0.2) is 0 Å². The highest BCUT2D eigenvalue weighted by molar-refractivity contribution is 6.41. The van der Waals surface area contributed by atoms with Crippen LogP contribution < -0.4 is 11.1 Å². The lowest BCUT2D eigenvalue weighted by Gasteiger charge is -2.23. The van der Waals surface area contributed by atoms with Crippen molar-refractivity contribution >= 4 is 66.6 Å². The molecule has 6 heteroatoms. The van der Waals surface area contributed by atoms with Gasteiger partial charge in [0.15, 0.2) is 0 Å². The molecule has 2 aliphatic rings. The molecule has 5 aromatic rings. The molecule has 0 aliphatic carbocycles. The lowest BCUT2D eigenvalue weighted by atomic mass is 9.83. The molecule has 7 rings (SSSR count). The molecule has 0 spiro atoms. The molecule has 0 bridgehead atoms. The fourth-order valence-corrected chi connectivity index (χ4v) is 5.16. The number of nitrogens with zero attached hydrogens (tertiary/aromatic N) is 1. The first kappa shape index (κ1) is 15.6. The summed E-state index contributed by atoms with van der Waals surface area (Å²) in [5.41, 5.74) is 8.68. The van der Waals surface area contributed by atoms with Crippen molar-refractivity contribution in [3.63, 3.8) is 0 Å². The fourth-order valence-electron chi connectivity index (χ4n) is 5.16. The molecule has 30 heavy (non-hydrogen) atoms. The van der Waals surface area contributed by atoms with Crippen molar-refractivity contribution < 1.29 is 9.59 Å². The lowest BCUT2D eigenvalue weighted by molar-refractivity contribution is 0.0975. The largest absolute Gasteiger partial charge is 0.383 e. The first-order valence-electron chi connectivity index (χ1n) is 9.54. The topological polar surface area (TPSA) is 108 Å². The van der Waals surface area contributed by atoms with Gasteiger partial charge in [-0.3, -0.25) is 15.0 Å². The van der Waals surface area contributed by atoms with Crippen molar-refractivity contribution in [3.05, 3.63) is 70.8 Å². The minimum atomic E-state index is -0.329. The fraction of sp³-hybridized carbons (Fsp3) is 0. The van der Waals surface area contributed by atoms with Crippen LogP contribution in [-0.2, 0) is 0 Å². The second kappa shape index (κ2) is 4.80. The second-order valence-corrected chi connectivity index (χ2v) is 7.77. The van der Waals surface area contributed by atoms with Gasteiger partial charge in [-0.1, -0.05) is 24.3 Å². The van der Waals surface area contributed by atoms with Crippen molar-refractivity contribution in [1.29, 1.82) is 5.41 Å². The summed E-state index contributed by atoms with van der Waals surface area (Å²) in [4.78, 5) is 29.0. The Balaban J connectivity index is 1.82. The minimum absolute atomic E-state index is 0.113. The van der Waals surface area contributed by atoms with Crippen molar-refractivity contribution in [1.82, 2.24) is 5.32 Å². The predicted octanol–water partition coefficient (Wildman–Crippen LogP) is 3.67. The van der Waals surface area contributed by atoms with E-state index in [-0.39, 0.29) is 23.5 Å². The van der Waals surface area contributed by atoms with Gasteiger partial charge >= 0.3 is 0 Å². The van der Waals surface area contributed by atoms with Crippen molar-refractivity contribution in [2.45, 2.75) is 0 Å². The van der Waals surface area contributed by atoms with E-state index in [1.165, 1.54) is 0 Å². The second-order valence-electron chi connectivity index (χ2n) is 7.77. The van der Waals surface area contributed by atoms with E-state index in [4.69, 9.17) is 11.1 Å². The Labute approximate surface area is 168 Å². The van der Waals surface area contributed by atoms with Gasteiger partial charge in [0.2, 0.25) is 0 Å². The van der Waals surface area contributed by atoms with E-state index in [0.717, 1.165) is 48.7 Å². The Morgan fingerprint density at radius 3 is 1.80 bits per heavy atom. The van der Waals surface area contributed by atoms with Crippen LogP contribution in [0.2, 0.25) is 0 Å². The highest BCUT2D eigenvalue weighted by Gasteiger charge is 2.28. The third kappa shape index (κ3) is 1.58. The van der Waals surface area contributed by atoms with Crippen LogP contribution >= 0.6 is 0 Å². The molecular formula is C24H12N4O2. The number of amidine groups is 2. The number of hydrogen-bond acceptors (Lipinski definition) is 4. The Kier molecular flexibility index (Phi) is 2.50. The van der Waals surface area contributed by atoms with E-state index in [0.29, 0.717) is 16.7 Å². The summed E-state index contributed by atoms with van der Waals surface area (Å²) in [6.45, 7) is 0. The summed E-state index contributed by atoms with van der Waals surface area (Å²) in [6.07, 6.45) is 0. The van der Waals surface area contributed by atoms with Crippen molar-refractivity contribution in [2.24, 2.45) is 10.7 Å². The van der Waals surface area contributed by atoms with Crippen LogP contribution in [0.25, 0.3) is 43.1 Å². The van der Waals surface area contributed by atoms with Crippen LogP contribution in [0.15, 0.2) is 53.5 Å². The Bertz CT molecular complexity index is 1590. The van der Waals surface area contributed by atoms with Gasteiger partial charge in [-0.05, 0) is 56.6 Å². The number of fused-ring (bicyclic) bond motifs is 2. The zero-order chi connectivity index (χ0) is 20.3. The van der Waals surface area contributed by atoms with Crippen LogP contribution in [0, 0.1) is 5.41 Å². The minimum Gasteiger partial charge on any atom is -0.383 e. The SMILES string of the molecule is N=C1NC(=O)c2ccc3c4ccc5c6c(ccc(c7ccc1c2c37)c64)C(N)=NC5=O. The van der Waals surface area contributed by atoms with E-state index in [1.807, 2.05) is 42.5 Å². The highest BCUT2D eigenvalue weighted by Crippen LogP contribution is 2.44. The van der Waals surface area contributed by atoms with Gasteiger partial charge in [-0.2, -0.15) is 4.99 Å². The molecule has 5 aromatic carbocycles. The maximum absolute atomic E-state index is 12.5. The Morgan fingerprint density at radius 2 is 1.17 bits per heavy atom. The third-order valence-corrected chi connectivity index (χ3v) is 6.38. The normalized spacial score (nSPS) is 15.5. The Hall–Kier alpha value is -4.32. The number of nitrogens with one attached hydrogen (secondary N) is 2. The maximum atomic E-state index is 12.5. The predicted molar refractivity (Wildman–Crippen MR) is 117 cm³/mol. The van der Waals surface area contributed by atoms with Crippen molar-refractivity contribution in [3.8, 4) is 0 Å². The summed E-state index contributed by atoms with van der Waals surface area (Å²) in [5.74, 6) is -0.245. The monoisotopic (exact) mass is 388 g/mol. The van der Waals surface area contributed by atoms with Gasteiger partial charge in [0, 0.05) is 27.5 Å². The molecule has 0 aromatic heterocycles. The number of nitrogens with two attached hydrogens (primary N) is 1. The first-order valence-corrected chi connectivity index (χ1v) is 9.54. The van der Waals surface area contributed by atoms with Gasteiger partial charge in [-0.15, -0.1) is 0 Å². The molecule has 0 radical (unpaired) electrons. The summed E-state index contributed by atoms with van der Waals surface area (Å²) in [7, 11) is 0. The highest BCUT2D eigenvalue weighted by atomic mass is 16.2. The van der Waals surface area contributed by atoms with E-state index in [1.54, 1.807) is 6.07 Å². The molecule has 0 unspecified atom stereocenters. The zero-order valence-electron chi connectivity index (χ0n) is 15.5. The average molecular weight is 388 g/mol. The third-order valence-electron chi connectivity index (χ3n) is 6.38. The summed E-state index contributed by atoms with van der Waals surface area (Å²) >= 11 is 0. The number of rotatable bonds is 0. The standard InChI is InChI=1S/C24H12N4O2/c25-21-13-5-1-9-10-2-6-14-20-16(24(30)28-22(14)26)8-4-12(18(10)20)11-3-7-15(23(29)27-21)19(13)17(9)11/h1-8H,(H2,25,27,29)(H2,26,28,30). The molecule has 0 saturated heterocycles. The first-order chi connectivity index (χ1) is 14.5. The molecular weight excluding hydrogens is 376 g/mol. The molecule has 140 valence electrons. The number of benzene rings is 5. The van der Waals surface area contributed by atoms with Gasteiger partial charge in [0.05, 0.1) is 5.56 Å². The lowest BCUT2D eigenvalue weighted by Crippen LogP contribution is -2.34. The van der Waals surface area contributed by atoms with Crippen LogP contribution in [-0.4, -0.2) is 23.5 Å². The quantitative estimate of drug-likeness (QED) is 0.278. The molecule has 4 N–H and O–H groups in total. The number of aliphatic imine (C=N–C) groups is 1. The van der Waals surface area contributed by atoms with Gasteiger partial charge < -0.3 is 11.1 Å².